The lowest BCUT2D eigenvalue weighted by Crippen LogP contribution is -2.40. The lowest BCUT2D eigenvalue weighted by molar-refractivity contribution is -0.143. The highest BCUT2D eigenvalue weighted by molar-refractivity contribution is 9.10. The maximum atomic E-state index is 13.9. The predicted molar refractivity (Wildman–Crippen MR) is 148 cm³/mol. The summed E-state index contributed by atoms with van der Waals surface area (Å²) in [6.07, 6.45) is 3.13. The van der Waals surface area contributed by atoms with Crippen molar-refractivity contribution in [2.75, 3.05) is 13.7 Å². The van der Waals surface area contributed by atoms with Crippen LogP contribution in [0.2, 0.25) is 0 Å². The highest BCUT2D eigenvalue weighted by atomic mass is 79.9. The van der Waals surface area contributed by atoms with Crippen molar-refractivity contribution in [1.29, 1.82) is 0 Å². The highest BCUT2D eigenvalue weighted by Crippen LogP contribution is 2.37. The van der Waals surface area contributed by atoms with Crippen LogP contribution < -0.4 is 24.4 Å². The molecule has 0 saturated heterocycles. The Bertz CT molecular complexity index is 1570. The Morgan fingerprint density at radius 3 is 2.76 bits per heavy atom. The first-order chi connectivity index (χ1) is 17.7. The van der Waals surface area contributed by atoms with Crippen molar-refractivity contribution in [2.45, 2.75) is 32.9 Å². The molecule has 7 nitrogen and oxygen atoms in total. The molecule has 0 bridgehead atoms. The van der Waals surface area contributed by atoms with E-state index >= 15 is 0 Å². The summed E-state index contributed by atoms with van der Waals surface area (Å²) in [5.74, 6) is 0.691. The third-order valence-corrected chi connectivity index (χ3v) is 7.07. The van der Waals surface area contributed by atoms with Crippen LogP contribution in [-0.2, 0) is 9.53 Å². The lowest BCUT2D eigenvalue weighted by Gasteiger charge is -2.26. The summed E-state index contributed by atoms with van der Waals surface area (Å²) in [5.41, 5.74) is 1.97. The van der Waals surface area contributed by atoms with Gasteiger partial charge in [-0.3, -0.25) is 9.36 Å². The number of hydrogen-bond donors (Lipinski definition) is 0. The van der Waals surface area contributed by atoms with E-state index in [1.54, 1.807) is 50.7 Å². The van der Waals surface area contributed by atoms with Gasteiger partial charge < -0.3 is 14.2 Å². The molecule has 2 aromatic carbocycles. The van der Waals surface area contributed by atoms with Gasteiger partial charge in [0.1, 0.15) is 24.1 Å². The molecule has 0 aliphatic carbocycles. The quantitative estimate of drug-likeness (QED) is 0.288. The number of hydrogen-bond acceptors (Lipinski definition) is 7. The zero-order valence-electron chi connectivity index (χ0n) is 21.0. The number of thiazole rings is 1. The van der Waals surface area contributed by atoms with Crippen LogP contribution in [-0.4, -0.2) is 30.4 Å². The largest absolute Gasteiger partial charge is 0.496 e. The molecular weight excluding hydrogens is 556 g/mol. The second-order valence-electron chi connectivity index (χ2n) is 8.59. The topological polar surface area (TPSA) is 79.1 Å². The molecule has 2 heterocycles. The van der Waals surface area contributed by atoms with Crippen molar-refractivity contribution >= 4 is 39.3 Å². The van der Waals surface area contributed by atoms with Crippen LogP contribution in [0.25, 0.3) is 6.08 Å². The summed E-state index contributed by atoms with van der Waals surface area (Å²) in [4.78, 5) is 32.3. The maximum absolute atomic E-state index is 13.9. The molecule has 1 atom stereocenters. The van der Waals surface area contributed by atoms with E-state index in [0.29, 0.717) is 44.3 Å². The van der Waals surface area contributed by atoms with Gasteiger partial charge in [-0.2, -0.15) is 0 Å². The van der Waals surface area contributed by atoms with E-state index in [4.69, 9.17) is 14.2 Å². The lowest BCUT2D eigenvalue weighted by atomic mass is 9.95. The van der Waals surface area contributed by atoms with Crippen molar-refractivity contribution in [2.24, 2.45) is 4.99 Å². The highest BCUT2D eigenvalue weighted by Gasteiger charge is 2.35. The van der Waals surface area contributed by atoms with E-state index in [9.17, 15) is 9.59 Å². The van der Waals surface area contributed by atoms with Crippen LogP contribution in [0.1, 0.15) is 37.9 Å². The van der Waals surface area contributed by atoms with E-state index in [0.717, 1.165) is 10.0 Å². The molecule has 0 saturated carbocycles. The Morgan fingerprint density at radius 2 is 2.05 bits per heavy atom. The standard InChI is InChI=1S/C28H27BrN2O5S/c1-6-12-35-20-9-7-8-18(13-20)14-23-26(32)31-25(21-15-19(29)10-11-22(21)34-5)24(27(33)36-16(2)3)17(4)30-28(31)37-23/h6-11,13-16,25H,1,12H2,2-5H3/b23-14-/t25-/m1/s1. The monoisotopic (exact) mass is 582 g/mol. The molecule has 192 valence electrons. The van der Waals surface area contributed by atoms with Gasteiger partial charge in [0.25, 0.3) is 5.56 Å². The minimum Gasteiger partial charge on any atom is -0.496 e. The number of benzene rings is 2. The van der Waals surface area contributed by atoms with Gasteiger partial charge in [-0.1, -0.05) is 52.1 Å². The van der Waals surface area contributed by atoms with Crippen molar-refractivity contribution < 1.29 is 19.0 Å². The van der Waals surface area contributed by atoms with Gasteiger partial charge in [0.2, 0.25) is 0 Å². The van der Waals surface area contributed by atoms with Crippen molar-refractivity contribution in [3.8, 4) is 11.5 Å². The number of rotatable bonds is 8. The maximum Gasteiger partial charge on any atom is 0.338 e. The van der Waals surface area contributed by atoms with Crippen molar-refractivity contribution in [3.63, 3.8) is 0 Å². The van der Waals surface area contributed by atoms with E-state index in [2.05, 4.69) is 27.5 Å². The zero-order valence-corrected chi connectivity index (χ0v) is 23.4. The molecule has 9 heteroatoms. The molecule has 0 N–H and O–H groups in total. The van der Waals surface area contributed by atoms with E-state index in [-0.39, 0.29) is 11.7 Å². The van der Waals surface area contributed by atoms with Gasteiger partial charge in [0.05, 0.1) is 29.0 Å². The number of allylic oxidation sites excluding steroid dienone is 1. The first-order valence-corrected chi connectivity index (χ1v) is 13.2. The molecule has 1 aliphatic heterocycles. The zero-order chi connectivity index (χ0) is 26.7. The third kappa shape index (κ3) is 5.62. The number of carbonyl (C=O) groups is 1. The van der Waals surface area contributed by atoms with Crippen molar-refractivity contribution in [1.82, 2.24) is 4.57 Å². The molecule has 4 rings (SSSR count). The van der Waals surface area contributed by atoms with Gasteiger partial charge in [-0.25, -0.2) is 9.79 Å². The fourth-order valence-electron chi connectivity index (χ4n) is 4.07. The van der Waals surface area contributed by atoms with Crippen LogP contribution in [0.5, 0.6) is 11.5 Å². The fraction of sp³-hybridized carbons (Fsp3) is 0.250. The summed E-state index contributed by atoms with van der Waals surface area (Å²) in [6, 6.07) is 12.2. The first-order valence-electron chi connectivity index (χ1n) is 11.6. The smallest absolute Gasteiger partial charge is 0.338 e. The van der Waals surface area contributed by atoms with E-state index in [1.807, 2.05) is 36.4 Å². The van der Waals surface area contributed by atoms with Crippen LogP contribution in [0.3, 0.4) is 0 Å². The number of esters is 1. The summed E-state index contributed by atoms with van der Waals surface area (Å²) >= 11 is 4.78. The average molecular weight is 584 g/mol. The number of ether oxygens (including phenoxy) is 3. The molecule has 37 heavy (non-hydrogen) atoms. The number of aromatic nitrogens is 1. The molecule has 0 fully saturated rings. The summed E-state index contributed by atoms with van der Waals surface area (Å²) in [6.45, 7) is 9.37. The molecule has 3 aromatic rings. The van der Waals surface area contributed by atoms with E-state index < -0.39 is 12.0 Å². The predicted octanol–water partition coefficient (Wildman–Crippen LogP) is 4.52. The van der Waals surface area contributed by atoms with Gasteiger partial charge in [-0.15, -0.1) is 0 Å². The minimum atomic E-state index is -0.778. The number of fused-ring (bicyclic) bond motifs is 1. The molecule has 0 unspecified atom stereocenters. The Labute approximate surface area is 227 Å². The summed E-state index contributed by atoms with van der Waals surface area (Å²) in [5, 5.41) is 0. The first kappa shape index (κ1) is 26.6. The van der Waals surface area contributed by atoms with Gasteiger partial charge >= 0.3 is 5.97 Å². The number of nitrogens with zero attached hydrogens (tertiary/aromatic N) is 2. The summed E-state index contributed by atoms with van der Waals surface area (Å²) < 4.78 is 19.6. The number of halogens is 1. The normalized spacial score (nSPS) is 15.3. The Morgan fingerprint density at radius 1 is 1.27 bits per heavy atom. The second-order valence-corrected chi connectivity index (χ2v) is 10.5. The number of carbonyl (C=O) groups excluding carboxylic acids is 1. The Hall–Kier alpha value is -3.43. The molecule has 0 spiro atoms. The van der Waals surface area contributed by atoms with Crippen LogP contribution in [0, 0.1) is 0 Å². The SMILES string of the molecule is C=CCOc1cccc(/C=c2\sc3n(c2=O)[C@H](c2cc(Br)ccc2OC)C(C(=O)OC(C)C)=C(C)N=3)c1. The molecular formula is C28H27BrN2O5S. The van der Waals surface area contributed by atoms with E-state index in [1.165, 1.54) is 11.3 Å². The van der Waals surface area contributed by atoms with Crippen LogP contribution >= 0.6 is 27.3 Å². The molecule has 0 radical (unpaired) electrons. The molecule has 1 aromatic heterocycles. The Kier molecular flexibility index (Phi) is 8.14. The number of methoxy groups -OCH3 is 1. The van der Waals surface area contributed by atoms with Gasteiger partial charge in [0, 0.05) is 10.0 Å². The molecule has 0 amide bonds. The second kappa shape index (κ2) is 11.3. The van der Waals surface area contributed by atoms with Gasteiger partial charge in [0.15, 0.2) is 4.80 Å². The van der Waals surface area contributed by atoms with Crippen LogP contribution in [0.15, 0.2) is 80.6 Å². The molecule has 1 aliphatic rings. The fourth-order valence-corrected chi connectivity index (χ4v) is 5.50. The average Bonchev–Trinajstić information content (AvgIpc) is 3.15. The summed E-state index contributed by atoms with van der Waals surface area (Å²) in [7, 11) is 1.56. The minimum absolute atomic E-state index is 0.268. The van der Waals surface area contributed by atoms with Crippen molar-refractivity contribution in [3.05, 3.63) is 102 Å². The van der Waals surface area contributed by atoms with Gasteiger partial charge in [-0.05, 0) is 62.7 Å². The third-order valence-electron chi connectivity index (χ3n) is 5.59. The van der Waals surface area contributed by atoms with Crippen LogP contribution in [0.4, 0.5) is 0 Å². The Balaban J connectivity index is 1.94.